The van der Waals surface area contributed by atoms with Crippen molar-refractivity contribution in [2.75, 3.05) is 5.32 Å². The van der Waals surface area contributed by atoms with E-state index in [2.05, 4.69) is 19.2 Å². The highest BCUT2D eigenvalue weighted by atomic mass is 35.5. The van der Waals surface area contributed by atoms with Crippen molar-refractivity contribution in [3.05, 3.63) is 76.5 Å². The van der Waals surface area contributed by atoms with E-state index in [0.717, 1.165) is 5.56 Å². The molecule has 3 aromatic rings. The number of aliphatic hydroxyl groups excluding tert-OH is 1. The van der Waals surface area contributed by atoms with Crippen LogP contribution in [0.4, 0.5) is 5.69 Å². The van der Waals surface area contributed by atoms with Gasteiger partial charge < -0.3 is 14.8 Å². The van der Waals surface area contributed by atoms with Gasteiger partial charge in [0.15, 0.2) is 0 Å². The molecule has 1 heterocycles. The second-order valence-electron chi connectivity index (χ2n) is 6.35. The molecule has 0 aliphatic heterocycles. The van der Waals surface area contributed by atoms with E-state index in [4.69, 9.17) is 21.1 Å². The first kappa shape index (κ1) is 18.2. The number of hydrogen-bond acceptors (Lipinski definition) is 3. The molecule has 0 fully saturated rings. The molecule has 26 heavy (non-hydrogen) atoms. The first-order valence-corrected chi connectivity index (χ1v) is 8.76. The maximum absolute atomic E-state index is 12.5. The second-order valence-corrected chi connectivity index (χ2v) is 6.76. The van der Waals surface area contributed by atoms with Gasteiger partial charge in [0.05, 0.1) is 10.7 Å². The van der Waals surface area contributed by atoms with E-state index in [1.807, 2.05) is 24.3 Å². The summed E-state index contributed by atoms with van der Waals surface area (Å²) in [5.74, 6) is 1.26. The van der Waals surface area contributed by atoms with E-state index in [9.17, 15) is 4.79 Å². The molecule has 0 saturated carbocycles. The van der Waals surface area contributed by atoms with Crippen LogP contribution in [0.25, 0.3) is 11.3 Å². The van der Waals surface area contributed by atoms with E-state index in [1.165, 1.54) is 5.56 Å². The molecular weight excluding hydrogens is 350 g/mol. The van der Waals surface area contributed by atoms with Crippen LogP contribution in [0.3, 0.4) is 0 Å². The summed E-state index contributed by atoms with van der Waals surface area (Å²) < 4.78 is 5.53. The van der Waals surface area contributed by atoms with E-state index in [-0.39, 0.29) is 12.5 Å². The SMILES string of the molecule is CC(C)c1ccc(C(=O)Nc2cc(-c3ccc(CO)o3)ccc2Cl)cc1. The number of hydrogen-bond donors (Lipinski definition) is 2. The minimum atomic E-state index is -0.227. The summed E-state index contributed by atoms with van der Waals surface area (Å²) in [7, 11) is 0. The average molecular weight is 370 g/mol. The lowest BCUT2D eigenvalue weighted by Gasteiger charge is -2.10. The molecule has 4 nitrogen and oxygen atoms in total. The number of halogens is 1. The molecule has 0 radical (unpaired) electrons. The van der Waals surface area contributed by atoms with Crippen molar-refractivity contribution in [1.29, 1.82) is 0 Å². The lowest BCUT2D eigenvalue weighted by atomic mass is 10.0. The molecule has 134 valence electrons. The highest BCUT2D eigenvalue weighted by molar-refractivity contribution is 6.34. The molecule has 2 aromatic carbocycles. The van der Waals surface area contributed by atoms with Crippen LogP contribution >= 0.6 is 11.6 Å². The van der Waals surface area contributed by atoms with Gasteiger partial charge in [-0.1, -0.05) is 37.6 Å². The largest absolute Gasteiger partial charge is 0.459 e. The fourth-order valence-electron chi connectivity index (χ4n) is 2.61. The van der Waals surface area contributed by atoms with Gasteiger partial charge in [-0.25, -0.2) is 0 Å². The number of carbonyl (C=O) groups is 1. The Morgan fingerprint density at radius 3 is 2.46 bits per heavy atom. The summed E-state index contributed by atoms with van der Waals surface area (Å²) in [6.45, 7) is 4.05. The summed E-state index contributed by atoms with van der Waals surface area (Å²) in [6.07, 6.45) is 0. The quantitative estimate of drug-likeness (QED) is 0.627. The predicted octanol–water partition coefficient (Wildman–Crippen LogP) is 5.47. The van der Waals surface area contributed by atoms with Gasteiger partial charge in [0.25, 0.3) is 5.91 Å². The number of carbonyl (C=O) groups excluding carboxylic acids is 1. The normalized spacial score (nSPS) is 11.0. The van der Waals surface area contributed by atoms with Crippen LogP contribution in [-0.2, 0) is 6.61 Å². The molecule has 0 saturated heterocycles. The van der Waals surface area contributed by atoms with E-state index in [1.54, 1.807) is 30.3 Å². The molecule has 0 bridgehead atoms. The third-order valence-electron chi connectivity index (χ3n) is 4.16. The number of amides is 1. The standard InChI is InChI=1S/C21H20ClNO3/c1-13(2)14-3-5-15(6-4-14)21(25)23-19-11-16(7-9-18(19)22)20-10-8-17(12-24)26-20/h3-11,13,24H,12H2,1-2H3,(H,23,25). The second kappa shape index (κ2) is 7.77. The van der Waals surface area contributed by atoms with Crippen LogP contribution in [0.2, 0.25) is 5.02 Å². The minimum Gasteiger partial charge on any atom is -0.459 e. The minimum absolute atomic E-state index is 0.163. The lowest BCUT2D eigenvalue weighted by Crippen LogP contribution is -2.12. The number of nitrogens with one attached hydrogen (secondary N) is 1. The first-order chi connectivity index (χ1) is 12.5. The van der Waals surface area contributed by atoms with Gasteiger partial charge in [-0.05, 0) is 53.9 Å². The summed E-state index contributed by atoms with van der Waals surface area (Å²) in [4.78, 5) is 12.5. The van der Waals surface area contributed by atoms with Gasteiger partial charge in [-0.2, -0.15) is 0 Å². The van der Waals surface area contributed by atoms with Crippen molar-refractivity contribution in [3.8, 4) is 11.3 Å². The van der Waals surface area contributed by atoms with Crippen LogP contribution < -0.4 is 5.32 Å². The maximum atomic E-state index is 12.5. The van der Waals surface area contributed by atoms with Crippen molar-refractivity contribution in [3.63, 3.8) is 0 Å². The zero-order valence-electron chi connectivity index (χ0n) is 14.6. The fraction of sp³-hybridized carbons (Fsp3) is 0.190. The van der Waals surface area contributed by atoms with Gasteiger partial charge in [-0.15, -0.1) is 0 Å². The number of rotatable bonds is 5. The molecular formula is C21H20ClNO3. The molecule has 2 N–H and O–H groups in total. The summed E-state index contributed by atoms with van der Waals surface area (Å²) in [5.41, 5.74) is 3.01. The summed E-state index contributed by atoms with van der Waals surface area (Å²) >= 11 is 6.23. The highest BCUT2D eigenvalue weighted by Gasteiger charge is 2.12. The van der Waals surface area contributed by atoms with Gasteiger partial charge in [-0.3, -0.25) is 4.79 Å². The number of aliphatic hydroxyl groups is 1. The Morgan fingerprint density at radius 1 is 1.12 bits per heavy atom. The zero-order valence-corrected chi connectivity index (χ0v) is 15.4. The van der Waals surface area contributed by atoms with Crippen LogP contribution in [0.5, 0.6) is 0 Å². The molecule has 0 unspecified atom stereocenters. The number of furan rings is 1. The Kier molecular flexibility index (Phi) is 5.45. The third-order valence-corrected chi connectivity index (χ3v) is 4.49. The topological polar surface area (TPSA) is 62.5 Å². The van der Waals surface area contributed by atoms with Crippen molar-refractivity contribution in [1.82, 2.24) is 0 Å². The van der Waals surface area contributed by atoms with Crippen LogP contribution in [0.15, 0.2) is 59.0 Å². The van der Waals surface area contributed by atoms with Crippen molar-refractivity contribution in [2.24, 2.45) is 0 Å². The Bertz CT molecular complexity index is 913. The maximum Gasteiger partial charge on any atom is 0.255 e. The van der Waals surface area contributed by atoms with Crippen LogP contribution in [-0.4, -0.2) is 11.0 Å². The average Bonchev–Trinajstić information content (AvgIpc) is 3.12. The molecule has 1 aromatic heterocycles. The van der Waals surface area contributed by atoms with Gasteiger partial charge in [0.1, 0.15) is 18.1 Å². The van der Waals surface area contributed by atoms with Crippen LogP contribution in [0.1, 0.15) is 41.4 Å². The molecule has 0 spiro atoms. The van der Waals surface area contributed by atoms with E-state index < -0.39 is 0 Å². The molecule has 0 atom stereocenters. The molecule has 0 aliphatic carbocycles. The zero-order chi connectivity index (χ0) is 18.7. The fourth-order valence-corrected chi connectivity index (χ4v) is 2.77. The van der Waals surface area contributed by atoms with Crippen molar-refractivity contribution < 1.29 is 14.3 Å². The van der Waals surface area contributed by atoms with E-state index in [0.29, 0.717) is 33.7 Å². The first-order valence-electron chi connectivity index (χ1n) is 8.38. The third kappa shape index (κ3) is 3.98. The predicted molar refractivity (Wildman–Crippen MR) is 104 cm³/mol. The Morgan fingerprint density at radius 2 is 1.85 bits per heavy atom. The summed E-state index contributed by atoms with van der Waals surface area (Å²) in [5, 5.41) is 12.4. The van der Waals surface area contributed by atoms with Crippen LogP contribution in [0, 0.1) is 0 Å². The van der Waals surface area contributed by atoms with Crippen molar-refractivity contribution in [2.45, 2.75) is 26.4 Å². The molecule has 0 aliphatic rings. The Hall–Kier alpha value is -2.56. The smallest absolute Gasteiger partial charge is 0.255 e. The summed E-state index contributed by atoms with van der Waals surface area (Å²) in [6, 6.07) is 16.3. The van der Waals surface area contributed by atoms with Gasteiger partial charge in [0, 0.05) is 11.1 Å². The number of anilines is 1. The molecule has 1 amide bonds. The number of benzene rings is 2. The molecule has 5 heteroatoms. The Balaban J connectivity index is 1.82. The highest BCUT2D eigenvalue weighted by Crippen LogP contribution is 2.30. The van der Waals surface area contributed by atoms with Gasteiger partial charge >= 0.3 is 0 Å². The van der Waals surface area contributed by atoms with E-state index >= 15 is 0 Å². The van der Waals surface area contributed by atoms with Crippen molar-refractivity contribution >= 4 is 23.2 Å². The molecule has 3 rings (SSSR count). The lowest BCUT2D eigenvalue weighted by molar-refractivity contribution is 0.102. The monoisotopic (exact) mass is 369 g/mol. The Labute approximate surface area is 157 Å². The van der Waals surface area contributed by atoms with Gasteiger partial charge in [0.2, 0.25) is 0 Å².